The minimum absolute atomic E-state index is 0.259. The van der Waals surface area contributed by atoms with Gasteiger partial charge in [-0.15, -0.1) is 0 Å². The summed E-state index contributed by atoms with van der Waals surface area (Å²) in [5, 5.41) is 0.744. The molecule has 0 bridgehead atoms. The van der Waals surface area contributed by atoms with Gasteiger partial charge in [-0.25, -0.2) is 0 Å². The van der Waals surface area contributed by atoms with Gasteiger partial charge in [0.05, 0.1) is 6.10 Å². The van der Waals surface area contributed by atoms with Crippen molar-refractivity contribution in [3.63, 3.8) is 0 Å². The first-order valence-corrected chi connectivity index (χ1v) is 6.24. The standard InChI is InChI=1S/C13H20ClNO/c1-3-10(4-2)16-13-7-5-6-12(14)11(13)8-9-15/h5-7,10H,3-4,8-9,15H2,1-2H3. The van der Waals surface area contributed by atoms with Gasteiger partial charge in [-0.1, -0.05) is 31.5 Å². The zero-order chi connectivity index (χ0) is 12.0. The van der Waals surface area contributed by atoms with E-state index in [4.69, 9.17) is 22.1 Å². The van der Waals surface area contributed by atoms with E-state index in [2.05, 4.69) is 13.8 Å². The lowest BCUT2D eigenvalue weighted by atomic mass is 10.1. The Morgan fingerprint density at radius 1 is 1.31 bits per heavy atom. The number of benzene rings is 1. The van der Waals surface area contributed by atoms with Gasteiger partial charge in [0.15, 0.2) is 0 Å². The van der Waals surface area contributed by atoms with Crippen LogP contribution in [0.5, 0.6) is 5.75 Å². The van der Waals surface area contributed by atoms with Gasteiger partial charge in [-0.05, 0) is 37.9 Å². The van der Waals surface area contributed by atoms with Crippen molar-refractivity contribution in [1.29, 1.82) is 0 Å². The van der Waals surface area contributed by atoms with Crippen LogP contribution in [0.3, 0.4) is 0 Å². The fourth-order valence-electron chi connectivity index (χ4n) is 1.67. The van der Waals surface area contributed by atoms with Gasteiger partial charge in [0.25, 0.3) is 0 Å². The molecule has 0 atom stereocenters. The average molecular weight is 242 g/mol. The van der Waals surface area contributed by atoms with Crippen molar-refractivity contribution in [3.8, 4) is 5.75 Å². The van der Waals surface area contributed by atoms with Gasteiger partial charge in [-0.3, -0.25) is 0 Å². The van der Waals surface area contributed by atoms with E-state index < -0.39 is 0 Å². The van der Waals surface area contributed by atoms with E-state index in [1.54, 1.807) is 0 Å². The maximum atomic E-state index is 6.14. The SMILES string of the molecule is CCC(CC)Oc1cccc(Cl)c1CCN. The molecule has 16 heavy (non-hydrogen) atoms. The van der Waals surface area contributed by atoms with Crippen LogP contribution < -0.4 is 10.5 Å². The third kappa shape index (κ3) is 3.39. The predicted octanol–water partition coefficient (Wildman–Crippen LogP) is 3.41. The number of hydrogen-bond donors (Lipinski definition) is 1. The van der Waals surface area contributed by atoms with Crippen LogP contribution in [0.4, 0.5) is 0 Å². The third-order valence-corrected chi connectivity index (χ3v) is 3.03. The molecule has 1 aromatic rings. The quantitative estimate of drug-likeness (QED) is 0.829. The molecule has 0 fully saturated rings. The second kappa shape index (κ2) is 6.77. The molecule has 0 amide bonds. The molecule has 1 aromatic carbocycles. The molecule has 90 valence electrons. The van der Waals surface area contributed by atoms with Crippen molar-refractivity contribution in [2.24, 2.45) is 5.73 Å². The van der Waals surface area contributed by atoms with E-state index in [0.717, 1.165) is 35.6 Å². The van der Waals surface area contributed by atoms with Crippen LogP contribution in [-0.2, 0) is 6.42 Å². The fourth-order valence-corrected chi connectivity index (χ4v) is 1.93. The molecule has 0 unspecified atom stereocenters. The topological polar surface area (TPSA) is 35.2 Å². The molecule has 0 aromatic heterocycles. The average Bonchev–Trinajstić information content (AvgIpc) is 2.30. The molecule has 2 nitrogen and oxygen atoms in total. The molecule has 0 heterocycles. The van der Waals surface area contributed by atoms with Crippen molar-refractivity contribution in [2.75, 3.05) is 6.54 Å². The van der Waals surface area contributed by atoms with Gasteiger partial charge in [0.2, 0.25) is 0 Å². The van der Waals surface area contributed by atoms with E-state index >= 15 is 0 Å². The summed E-state index contributed by atoms with van der Waals surface area (Å²) < 4.78 is 5.94. The molecule has 0 spiro atoms. The van der Waals surface area contributed by atoms with Crippen LogP contribution in [0.25, 0.3) is 0 Å². The Bertz CT molecular complexity index is 324. The van der Waals surface area contributed by atoms with E-state index in [0.29, 0.717) is 6.54 Å². The first-order valence-electron chi connectivity index (χ1n) is 5.87. The second-order valence-electron chi connectivity index (χ2n) is 3.81. The zero-order valence-corrected chi connectivity index (χ0v) is 10.8. The molecule has 0 saturated heterocycles. The Kier molecular flexibility index (Phi) is 5.64. The molecule has 0 aliphatic rings. The van der Waals surface area contributed by atoms with Gasteiger partial charge in [0, 0.05) is 10.6 Å². The molecular weight excluding hydrogens is 222 g/mol. The molecule has 0 aliphatic carbocycles. The Morgan fingerprint density at radius 3 is 2.56 bits per heavy atom. The molecular formula is C13H20ClNO. The summed E-state index contributed by atoms with van der Waals surface area (Å²) in [5.41, 5.74) is 6.61. The van der Waals surface area contributed by atoms with Gasteiger partial charge in [-0.2, -0.15) is 0 Å². The fraction of sp³-hybridized carbons (Fsp3) is 0.538. The smallest absolute Gasteiger partial charge is 0.124 e. The minimum atomic E-state index is 0.259. The van der Waals surface area contributed by atoms with E-state index in [9.17, 15) is 0 Å². The Hall–Kier alpha value is -0.730. The summed E-state index contributed by atoms with van der Waals surface area (Å²) in [5.74, 6) is 0.881. The number of ether oxygens (including phenoxy) is 1. The predicted molar refractivity (Wildman–Crippen MR) is 69.2 cm³/mol. The summed E-state index contributed by atoms with van der Waals surface area (Å²) in [6.07, 6.45) is 3.03. The third-order valence-electron chi connectivity index (χ3n) is 2.67. The van der Waals surface area contributed by atoms with Gasteiger partial charge >= 0.3 is 0 Å². The number of rotatable bonds is 6. The zero-order valence-electron chi connectivity index (χ0n) is 10.0. The normalized spacial score (nSPS) is 10.8. The summed E-state index contributed by atoms with van der Waals surface area (Å²) in [7, 11) is 0. The molecule has 0 saturated carbocycles. The molecule has 0 radical (unpaired) electrons. The lowest BCUT2D eigenvalue weighted by molar-refractivity contribution is 0.191. The van der Waals surface area contributed by atoms with Crippen molar-refractivity contribution in [2.45, 2.75) is 39.2 Å². The van der Waals surface area contributed by atoms with Crippen molar-refractivity contribution >= 4 is 11.6 Å². The molecule has 0 aliphatic heterocycles. The Balaban J connectivity index is 2.89. The molecule has 3 heteroatoms. The number of nitrogens with two attached hydrogens (primary N) is 1. The highest BCUT2D eigenvalue weighted by Gasteiger charge is 2.11. The Labute approximate surface area is 103 Å². The van der Waals surface area contributed by atoms with E-state index in [1.807, 2.05) is 18.2 Å². The summed E-state index contributed by atoms with van der Waals surface area (Å²) in [6.45, 7) is 4.84. The van der Waals surface area contributed by atoms with E-state index in [1.165, 1.54) is 0 Å². The summed E-state index contributed by atoms with van der Waals surface area (Å²) in [4.78, 5) is 0. The first kappa shape index (κ1) is 13.3. The van der Waals surface area contributed by atoms with Crippen LogP contribution >= 0.6 is 11.6 Å². The maximum Gasteiger partial charge on any atom is 0.124 e. The molecule has 1 rings (SSSR count). The highest BCUT2D eigenvalue weighted by molar-refractivity contribution is 6.31. The van der Waals surface area contributed by atoms with Crippen LogP contribution in [0.1, 0.15) is 32.3 Å². The number of halogens is 1. The van der Waals surface area contributed by atoms with E-state index in [-0.39, 0.29) is 6.10 Å². The van der Waals surface area contributed by atoms with Crippen LogP contribution in [0.15, 0.2) is 18.2 Å². The number of hydrogen-bond acceptors (Lipinski definition) is 2. The monoisotopic (exact) mass is 241 g/mol. The minimum Gasteiger partial charge on any atom is -0.490 e. The Morgan fingerprint density at radius 2 is 2.00 bits per heavy atom. The lowest BCUT2D eigenvalue weighted by Crippen LogP contribution is -2.15. The van der Waals surface area contributed by atoms with Crippen molar-refractivity contribution in [3.05, 3.63) is 28.8 Å². The van der Waals surface area contributed by atoms with Crippen LogP contribution in [0.2, 0.25) is 5.02 Å². The summed E-state index contributed by atoms with van der Waals surface area (Å²) >= 11 is 6.14. The van der Waals surface area contributed by atoms with Crippen molar-refractivity contribution in [1.82, 2.24) is 0 Å². The summed E-state index contributed by atoms with van der Waals surface area (Å²) in [6, 6.07) is 5.77. The largest absolute Gasteiger partial charge is 0.490 e. The highest BCUT2D eigenvalue weighted by Crippen LogP contribution is 2.28. The maximum absolute atomic E-state index is 6.14. The second-order valence-corrected chi connectivity index (χ2v) is 4.22. The van der Waals surface area contributed by atoms with Gasteiger partial charge in [0.1, 0.15) is 5.75 Å². The first-order chi connectivity index (χ1) is 7.72. The molecule has 2 N–H and O–H groups in total. The van der Waals surface area contributed by atoms with Crippen molar-refractivity contribution < 1.29 is 4.74 Å². The van der Waals surface area contributed by atoms with Gasteiger partial charge < -0.3 is 10.5 Å². The van der Waals surface area contributed by atoms with Crippen LogP contribution in [-0.4, -0.2) is 12.6 Å². The highest BCUT2D eigenvalue weighted by atomic mass is 35.5. The van der Waals surface area contributed by atoms with Crippen LogP contribution in [0, 0.1) is 0 Å². The lowest BCUT2D eigenvalue weighted by Gasteiger charge is -2.19.